The molecule has 3 N–H and O–H groups in total. The molecule has 1 aromatic rings. The van der Waals surface area contributed by atoms with Crippen LogP contribution in [-0.4, -0.2) is 58.6 Å². The molecule has 0 atom stereocenters. The van der Waals surface area contributed by atoms with Crippen LogP contribution in [0.3, 0.4) is 0 Å². The molecule has 1 saturated heterocycles. The van der Waals surface area contributed by atoms with Crippen molar-refractivity contribution in [3.8, 4) is 0 Å². The first-order valence-corrected chi connectivity index (χ1v) is 6.39. The van der Waals surface area contributed by atoms with Gasteiger partial charge >= 0.3 is 0 Å². The van der Waals surface area contributed by atoms with E-state index in [9.17, 15) is 4.79 Å². The van der Waals surface area contributed by atoms with E-state index in [0.29, 0.717) is 17.4 Å². The van der Waals surface area contributed by atoms with Gasteiger partial charge in [-0.3, -0.25) is 14.8 Å². The molecule has 0 spiro atoms. The molecule has 100 valence electrons. The number of piperazine rings is 1. The van der Waals surface area contributed by atoms with Gasteiger partial charge < -0.3 is 10.6 Å². The molecule has 2 rings (SSSR count). The van der Waals surface area contributed by atoms with Crippen molar-refractivity contribution in [1.29, 1.82) is 0 Å². The average Bonchev–Trinajstić information content (AvgIpc) is 2.75. The maximum atomic E-state index is 12.1. The molecule has 1 amide bonds. The lowest BCUT2D eigenvalue weighted by atomic mass is 10.2. The lowest BCUT2D eigenvalue weighted by molar-refractivity contribution is 0.0618. The highest BCUT2D eigenvalue weighted by Crippen LogP contribution is 2.10. The van der Waals surface area contributed by atoms with Crippen LogP contribution >= 0.6 is 0 Å². The molecule has 1 aliphatic heterocycles. The minimum atomic E-state index is -0.0107. The highest BCUT2D eigenvalue weighted by atomic mass is 16.2. The number of aromatic nitrogens is 2. The number of carbonyl (C=O) groups excluding carboxylic acids is 1. The Morgan fingerprint density at radius 2 is 2.11 bits per heavy atom. The summed E-state index contributed by atoms with van der Waals surface area (Å²) in [6.07, 6.45) is 0. The summed E-state index contributed by atoms with van der Waals surface area (Å²) in [5, 5.41) is 6.45. The molecule has 0 bridgehead atoms. The topological polar surface area (TPSA) is 78.2 Å². The first kappa shape index (κ1) is 12.9. The smallest absolute Gasteiger partial charge is 0.272 e. The van der Waals surface area contributed by atoms with Gasteiger partial charge in [0, 0.05) is 38.8 Å². The monoisotopic (exact) mass is 251 g/mol. The zero-order chi connectivity index (χ0) is 13.1. The molecular formula is C12H21N5O. The minimum Gasteiger partial charge on any atom is -0.382 e. The zero-order valence-electron chi connectivity index (χ0n) is 11.0. The van der Waals surface area contributed by atoms with Gasteiger partial charge in [-0.1, -0.05) is 13.8 Å². The SMILES string of the molecule is CC(C)CN1CCN(C(=O)c2cc(N)n[nH]2)CC1. The molecule has 6 nitrogen and oxygen atoms in total. The maximum Gasteiger partial charge on any atom is 0.272 e. The molecular weight excluding hydrogens is 230 g/mol. The Labute approximate surface area is 107 Å². The van der Waals surface area contributed by atoms with Crippen molar-refractivity contribution >= 4 is 11.7 Å². The summed E-state index contributed by atoms with van der Waals surface area (Å²) >= 11 is 0. The van der Waals surface area contributed by atoms with E-state index in [1.54, 1.807) is 6.07 Å². The third-order valence-electron chi connectivity index (χ3n) is 3.11. The van der Waals surface area contributed by atoms with Crippen molar-refractivity contribution < 1.29 is 4.79 Å². The summed E-state index contributed by atoms with van der Waals surface area (Å²) < 4.78 is 0. The summed E-state index contributed by atoms with van der Waals surface area (Å²) in [6, 6.07) is 1.59. The normalized spacial score (nSPS) is 17.4. The highest BCUT2D eigenvalue weighted by Gasteiger charge is 2.23. The molecule has 0 saturated carbocycles. The van der Waals surface area contributed by atoms with Gasteiger partial charge in [0.1, 0.15) is 11.5 Å². The van der Waals surface area contributed by atoms with Crippen molar-refractivity contribution in [2.75, 3.05) is 38.5 Å². The summed E-state index contributed by atoms with van der Waals surface area (Å²) in [4.78, 5) is 16.4. The minimum absolute atomic E-state index is 0.0107. The van der Waals surface area contributed by atoms with E-state index >= 15 is 0 Å². The third-order valence-corrected chi connectivity index (χ3v) is 3.11. The summed E-state index contributed by atoms with van der Waals surface area (Å²) in [6.45, 7) is 8.94. The van der Waals surface area contributed by atoms with Crippen molar-refractivity contribution in [2.24, 2.45) is 5.92 Å². The fraction of sp³-hybridized carbons (Fsp3) is 0.667. The second-order valence-electron chi connectivity index (χ2n) is 5.19. The standard InChI is InChI=1S/C12H21N5O/c1-9(2)8-16-3-5-17(6-4-16)12(18)10-7-11(13)15-14-10/h7,9H,3-6,8H2,1-2H3,(H3,13,14,15). The van der Waals surface area contributed by atoms with E-state index in [1.807, 2.05) is 4.90 Å². The molecule has 1 aliphatic rings. The third kappa shape index (κ3) is 3.01. The number of hydrogen-bond acceptors (Lipinski definition) is 4. The van der Waals surface area contributed by atoms with Gasteiger partial charge in [-0.05, 0) is 5.92 Å². The number of nitrogen functional groups attached to an aromatic ring is 1. The Morgan fingerprint density at radius 1 is 1.44 bits per heavy atom. The number of carbonyl (C=O) groups is 1. The van der Waals surface area contributed by atoms with Crippen LogP contribution in [0.15, 0.2) is 6.07 Å². The van der Waals surface area contributed by atoms with Gasteiger partial charge in [0.15, 0.2) is 0 Å². The lowest BCUT2D eigenvalue weighted by Crippen LogP contribution is -2.49. The quantitative estimate of drug-likeness (QED) is 0.815. The molecule has 1 aromatic heterocycles. The second-order valence-corrected chi connectivity index (χ2v) is 5.19. The first-order chi connectivity index (χ1) is 8.56. The van der Waals surface area contributed by atoms with Crippen LogP contribution in [0.5, 0.6) is 0 Å². The highest BCUT2D eigenvalue weighted by molar-refractivity contribution is 5.93. The van der Waals surface area contributed by atoms with E-state index in [4.69, 9.17) is 5.73 Å². The molecule has 0 aromatic carbocycles. The molecule has 1 fully saturated rings. The van der Waals surface area contributed by atoms with E-state index in [1.165, 1.54) is 0 Å². The summed E-state index contributed by atoms with van der Waals surface area (Å²) in [5.41, 5.74) is 5.98. The number of nitrogens with two attached hydrogens (primary N) is 1. The van der Waals surface area contributed by atoms with Gasteiger partial charge in [0.2, 0.25) is 0 Å². The van der Waals surface area contributed by atoms with E-state index < -0.39 is 0 Å². The van der Waals surface area contributed by atoms with Crippen LogP contribution < -0.4 is 5.73 Å². The van der Waals surface area contributed by atoms with Gasteiger partial charge in [-0.25, -0.2) is 0 Å². The van der Waals surface area contributed by atoms with Crippen molar-refractivity contribution in [3.63, 3.8) is 0 Å². The van der Waals surface area contributed by atoms with E-state index in [0.717, 1.165) is 32.7 Å². The van der Waals surface area contributed by atoms with Crippen LogP contribution in [0.1, 0.15) is 24.3 Å². The van der Waals surface area contributed by atoms with Gasteiger partial charge in [0.25, 0.3) is 5.91 Å². The van der Waals surface area contributed by atoms with Crippen molar-refractivity contribution in [3.05, 3.63) is 11.8 Å². The van der Waals surface area contributed by atoms with E-state index in [2.05, 4.69) is 28.9 Å². The van der Waals surface area contributed by atoms with Crippen LogP contribution in [0.25, 0.3) is 0 Å². The number of H-pyrrole nitrogens is 1. The van der Waals surface area contributed by atoms with Crippen LogP contribution in [-0.2, 0) is 0 Å². The van der Waals surface area contributed by atoms with Crippen LogP contribution in [0.4, 0.5) is 5.82 Å². The molecule has 0 unspecified atom stereocenters. The molecule has 2 heterocycles. The zero-order valence-corrected chi connectivity index (χ0v) is 11.0. The largest absolute Gasteiger partial charge is 0.382 e. The van der Waals surface area contributed by atoms with Crippen LogP contribution in [0.2, 0.25) is 0 Å². The predicted molar refractivity (Wildman–Crippen MR) is 70.2 cm³/mol. The average molecular weight is 251 g/mol. The van der Waals surface area contributed by atoms with Gasteiger partial charge in [-0.15, -0.1) is 0 Å². The maximum absolute atomic E-state index is 12.1. The summed E-state index contributed by atoms with van der Waals surface area (Å²) in [7, 11) is 0. The Bertz CT molecular complexity index is 406. The summed E-state index contributed by atoms with van der Waals surface area (Å²) in [5.74, 6) is 1.01. The van der Waals surface area contributed by atoms with Crippen molar-refractivity contribution in [1.82, 2.24) is 20.0 Å². The van der Waals surface area contributed by atoms with Crippen molar-refractivity contribution in [2.45, 2.75) is 13.8 Å². The number of hydrogen-bond donors (Lipinski definition) is 2. The number of nitrogens with one attached hydrogen (secondary N) is 1. The van der Waals surface area contributed by atoms with Crippen LogP contribution in [0, 0.1) is 5.92 Å². The Morgan fingerprint density at radius 3 is 2.61 bits per heavy atom. The second kappa shape index (κ2) is 5.39. The molecule has 0 aliphatic carbocycles. The number of amides is 1. The molecule has 0 radical (unpaired) electrons. The van der Waals surface area contributed by atoms with Gasteiger partial charge in [0.05, 0.1) is 0 Å². The number of aromatic amines is 1. The molecule has 6 heteroatoms. The Hall–Kier alpha value is -1.56. The Kier molecular flexibility index (Phi) is 3.86. The fourth-order valence-electron chi connectivity index (χ4n) is 2.27. The lowest BCUT2D eigenvalue weighted by Gasteiger charge is -2.35. The van der Waals surface area contributed by atoms with Gasteiger partial charge in [-0.2, -0.15) is 5.10 Å². The van der Waals surface area contributed by atoms with E-state index in [-0.39, 0.29) is 5.91 Å². The number of nitrogens with zero attached hydrogens (tertiary/aromatic N) is 3. The number of rotatable bonds is 3. The number of anilines is 1. The first-order valence-electron chi connectivity index (χ1n) is 6.39. The molecule has 18 heavy (non-hydrogen) atoms. The Balaban J connectivity index is 1.88. The fourth-order valence-corrected chi connectivity index (χ4v) is 2.27. The predicted octanol–water partition coefficient (Wildman–Crippen LogP) is 0.406.